The van der Waals surface area contributed by atoms with Crippen LogP contribution >= 0.6 is 11.3 Å². The number of carbonyl (C=O) groups excluding carboxylic acids is 1. The Kier molecular flexibility index (Phi) is 3.61. The number of imidazole rings is 1. The minimum Gasteiger partial charge on any atom is -0.351 e. The van der Waals surface area contributed by atoms with Crippen LogP contribution in [0.1, 0.15) is 35.7 Å². The van der Waals surface area contributed by atoms with Crippen LogP contribution in [-0.2, 0) is 17.8 Å². The van der Waals surface area contributed by atoms with Gasteiger partial charge in [0, 0.05) is 30.1 Å². The smallest absolute Gasteiger partial charge is 0.228 e. The number of nitrogens with one attached hydrogen (secondary N) is 1. The number of aryl methyl sites for hydroxylation is 2. The van der Waals surface area contributed by atoms with Crippen LogP contribution in [0, 0.1) is 6.92 Å². The van der Waals surface area contributed by atoms with E-state index in [0.29, 0.717) is 0 Å². The van der Waals surface area contributed by atoms with Gasteiger partial charge in [-0.2, -0.15) is 0 Å². The van der Waals surface area contributed by atoms with Crippen LogP contribution in [-0.4, -0.2) is 21.5 Å². The molecule has 1 N–H and O–H groups in total. The molecule has 2 aromatic heterocycles. The molecule has 1 aliphatic rings. The second-order valence-corrected chi connectivity index (χ2v) is 6.41. The molecule has 2 atom stereocenters. The number of fused-ring (bicyclic) bond motifs is 1. The molecule has 2 aromatic rings. The molecule has 0 fully saturated rings. The standard InChI is InChI=1S/C15H19N3OS/c1-10-8-18-9-12(5-6-14(18)16-10)17-15(19)11(2)13-4-3-7-20-13/h3-4,7-8,11-12H,5-6,9H2,1-2H3,(H,17,19)/t11-,12+/m0/s1. The van der Waals surface area contributed by atoms with Crippen molar-refractivity contribution in [1.29, 1.82) is 0 Å². The minimum absolute atomic E-state index is 0.0686. The van der Waals surface area contributed by atoms with Crippen LogP contribution in [0.4, 0.5) is 0 Å². The number of thiophene rings is 1. The lowest BCUT2D eigenvalue weighted by Crippen LogP contribution is -2.42. The summed E-state index contributed by atoms with van der Waals surface area (Å²) < 4.78 is 2.17. The molecule has 0 saturated heterocycles. The van der Waals surface area contributed by atoms with E-state index in [4.69, 9.17) is 0 Å². The quantitative estimate of drug-likeness (QED) is 0.943. The Hall–Kier alpha value is -1.62. The van der Waals surface area contributed by atoms with Crippen molar-refractivity contribution >= 4 is 17.2 Å². The summed E-state index contributed by atoms with van der Waals surface area (Å²) in [5.41, 5.74) is 1.05. The van der Waals surface area contributed by atoms with Gasteiger partial charge in [-0.1, -0.05) is 6.07 Å². The van der Waals surface area contributed by atoms with Crippen molar-refractivity contribution in [2.24, 2.45) is 0 Å². The van der Waals surface area contributed by atoms with Crippen LogP contribution in [0.25, 0.3) is 0 Å². The van der Waals surface area contributed by atoms with E-state index in [1.54, 1.807) is 11.3 Å². The van der Waals surface area contributed by atoms with Crippen molar-refractivity contribution < 1.29 is 4.79 Å². The van der Waals surface area contributed by atoms with Crippen molar-refractivity contribution in [1.82, 2.24) is 14.9 Å². The third-order valence-electron chi connectivity index (χ3n) is 3.82. The first-order valence-corrected chi connectivity index (χ1v) is 7.88. The highest BCUT2D eigenvalue weighted by atomic mass is 32.1. The third-order valence-corrected chi connectivity index (χ3v) is 4.88. The predicted molar refractivity (Wildman–Crippen MR) is 79.9 cm³/mol. The zero-order valence-corrected chi connectivity index (χ0v) is 12.6. The minimum atomic E-state index is -0.0686. The first-order chi connectivity index (χ1) is 9.63. The van der Waals surface area contributed by atoms with Crippen molar-refractivity contribution in [3.05, 3.63) is 40.1 Å². The highest BCUT2D eigenvalue weighted by Gasteiger charge is 2.24. The molecule has 0 spiro atoms. The van der Waals surface area contributed by atoms with Gasteiger partial charge in [0.2, 0.25) is 5.91 Å². The molecular formula is C15H19N3OS. The van der Waals surface area contributed by atoms with Gasteiger partial charge in [0.25, 0.3) is 0 Å². The Morgan fingerprint density at radius 2 is 2.45 bits per heavy atom. The Labute approximate surface area is 122 Å². The predicted octanol–water partition coefficient (Wildman–Crippen LogP) is 2.49. The van der Waals surface area contributed by atoms with E-state index in [9.17, 15) is 4.79 Å². The molecular weight excluding hydrogens is 270 g/mol. The summed E-state index contributed by atoms with van der Waals surface area (Å²) in [4.78, 5) is 17.9. The maximum Gasteiger partial charge on any atom is 0.228 e. The fraction of sp³-hybridized carbons (Fsp3) is 0.467. The molecule has 0 aromatic carbocycles. The van der Waals surface area contributed by atoms with Gasteiger partial charge in [0.15, 0.2) is 0 Å². The van der Waals surface area contributed by atoms with Gasteiger partial charge < -0.3 is 9.88 Å². The van der Waals surface area contributed by atoms with Crippen LogP contribution in [0.5, 0.6) is 0 Å². The molecule has 3 heterocycles. The monoisotopic (exact) mass is 289 g/mol. The largest absolute Gasteiger partial charge is 0.351 e. The summed E-state index contributed by atoms with van der Waals surface area (Å²) in [7, 11) is 0. The van der Waals surface area contributed by atoms with Crippen LogP contribution in [0.3, 0.4) is 0 Å². The van der Waals surface area contributed by atoms with Crippen molar-refractivity contribution in [2.75, 3.05) is 0 Å². The number of carbonyl (C=O) groups is 1. The molecule has 106 valence electrons. The Bertz CT molecular complexity index is 603. The summed E-state index contributed by atoms with van der Waals surface area (Å²) in [5.74, 6) is 1.19. The first-order valence-electron chi connectivity index (χ1n) is 7.00. The van der Waals surface area contributed by atoms with Crippen LogP contribution in [0.15, 0.2) is 23.7 Å². The normalized spacial score (nSPS) is 19.4. The highest BCUT2D eigenvalue weighted by molar-refractivity contribution is 7.10. The fourth-order valence-corrected chi connectivity index (χ4v) is 3.48. The molecule has 5 heteroatoms. The van der Waals surface area contributed by atoms with E-state index in [2.05, 4.69) is 21.1 Å². The number of aromatic nitrogens is 2. The van der Waals surface area contributed by atoms with Crippen LogP contribution < -0.4 is 5.32 Å². The van der Waals surface area contributed by atoms with E-state index >= 15 is 0 Å². The lowest BCUT2D eigenvalue weighted by atomic mass is 10.0. The van der Waals surface area contributed by atoms with Crippen molar-refractivity contribution in [3.63, 3.8) is 0 Å². The third kappa shape index (κ3) is 2.63. The van der Waals surface area contributed by atoms with Gasteiger partial charge in [-0.25, -0.2) is 4.98 Å². The SMILES string of the molecule is Cc1cn2c(n1)CC[C@@H](NC(=O)[C@@H](C)c1cccs1)C2. The number of rotatable bonds is 3. The van der Waals surface area contributed by atoms with Gasteiger partial charge in [0.05, 0.1) is 11.6 Å². The van der Waals surface area contributed by atoms with E-state index in [0.717, 1.165) is 35.8 Å². The Morgan fingerprint density at radius 3 is 3.20 bits per heavy atom. The fourth-order valence-electron chi connectivity index (χ4n) is 2.70. The topological polar surface area (TPSA) is 46.9 Å². The number of hydrogen-bond donors (Lipinski definition) is 1. The lowest BCUT2D eigenvalue weighted by molar-refractivity contribution is -0.123. The number of amides is 1. The van der Waals surface area contributed by atoms with E-state index in [1.165, 1.54) is 0 Å². The zero-order valence-electron chi connectivity index (χ0n) is 11.8. The average molecular weight is 289 g/mol. The number of hydrogen-bond acceptors (Lipinski definition) is 3. The van der Waals surface area contributed by atoms with Crippen molar-refractivity contribution in [3.8, 4) is 0 Å². The zero-order chi connectivity index (χ0) is 14.1. The first kappa shape index (κ1) is 13.4. The van der Waals surface area contributed by atoms with Gasteiger partial charge in [-0.3, -0.25) is 4.79 Å². The molecule has 0 saturated carbocycles. The Balaban J connectivity index is 1.63. The van der Waals surface area contributed by atoms with Gasteiger partial charge in [-0.05, 0) is 31.7 Å². The summed E-state index contributed by atoms with van der Waals surface area (Å²) in [6.45, 7) is 4.81. The van der Waals surface area contributed by atoms with Gasteiger partial charge >= 0.3 is 0 Å². The summed E-state index contributed by atoms with van der Waals surface area (Å²) in [6.07, 6.45) is 3.97. The molecule has 1 aliphatic heterocycles. The summed E-state index contributed by atoms with van der Waals surface area (Å²) in [5, 5.41) is 5.19. The summed E-state index contributed by atoms with van der Waals surface area (Å²) >= 11 is 1.64. The summed E-state index contributed by atoms with van der Waals surface area (Å²) in [6, 6.07) is 4.23. The second-order valence-electron chi connectivity index (χ2n) is 5.43. The molecule has 0 aliphatic carbocycles. The van der Waals surface area contributed by atoms with Gasteiger partial charge in [-0.15, -0.1) is 11.3 Å². The molecule has 4 nitrogen and oxygen atoms in total. The molecule has 0 unspecified atom stereocenters. The lowest BCUT2D eigenvalue weighted by Gasteiger charge is -2.25. The highest BCUT2D eigenvalue weighted by Crippen LogP contribution is 2.22. The van der Waals surface area contributed by atoms with E-state index in [-0.39, 0.29) is 17.9 Å². The maximum atomic E-state index is 12.3. The van der Waals surface area contributed by atoms with Gasteiger partial charge in [0.1, 0.15) is 5.82 Å². The molecule has 0 radical (unpaired) electrons. The molecule has 0 bridgehead atoms. The Morgan fingerprint density at radius 1 is 1.60 bits per heavy atom. The van der Waals surface area contributed by atoms with E-state index < -0.39 is 0 Å². The average Bonchev–Trinajstić information content (AvgIpc) is 3.05. The van der Waals surface area contributed by atoms with E-state index in [1.807, 2.05) is 31.4 Å². The second kappa shape index (κ2) is 5.40. The maximum absolute atomic E-state index is 12.3. The molecule has 1 amide bonds. The van der Waals surface area contributed by atoms with Crippen molar-refractivity contribution in [2.45, 2.75) is 45.2 Å². The number of nitrogens with zero attached hydrogens (tertiary/aromatic N) is 2. The van der Waals surface area contributed by atoms with Crippen LogP contribution in [0.2, 0.25) is 0 Å². The molecule has 3 rings (SSSR count). The molecule has 20 heavy (non-hydrogen) atoms.